The summed E-state index contributed by atoms with van der Waals surface area (Å²) >= 11 is 0. The number of imide groups is 1. The molecule has 3 unspecified atom stereocenters. The first-order chi connectivity index (χ1) is 62.3. The van der Waals surface area contributed by atoms with Gasteiger partial charge in [-0.25, -0.2) is 34.1 Å². The highest BCUT2D eigenvalue weighted by Crippen LogP contribution is 2.15. The van der Waals surface area contributed by atoms with E-state index in [2.05, 4.69) is 142 Å². The number of urea groups is 1. The molecule has 2 aliphatic rings. The van der Waals surface area contributed by atoms with E-state index in [-0.39, 0.29) is 122 Å². The van der Waals surface area contributed by atoms with Gasteiger partial charge in [-0.1, -0.05) is 13.8 Å². The third-order valence-electron chi connectivity index (χ3n) is 15.9. The molecule has 2 fully saturated rings. The molecule has 0 radical (unpaired) electrons. The van der Waals surface area contributed by atoms with Crippen LogP contribution in [0, 0.1) is 11.8 Å². The summed E-state index contributed by atoms with van der Waals surface area (Å²) in [7, 11) is 37.8. The maximum atomic E-state index is 11.4. The molecule has 0 aliphatic carbocycles. The van der Waals surface area contributed by atoms with Gasteiger partial charge in [-0.2, -0.15) is 0 Å². The number of carbonyl (C=O) groups excluding carboxylic acids is 19. The molecule has 50 heteroatoms. The number of nitrogens with one attached hydrogen (secondary N) is 16. The molecule has 774 valence electrons. The average Bonchev–Trinajstić information content (AvgIpc) is 0.923. The maximum absolute atomic E-state index is 11.4. The first-order valence-electron chi connectivity index (χ1n) is 42.3. The average molecular weight is 1910 g/mol. The van der Waals surface area contributed by atoms with Crippen LogP contribution in [0.4, 0.5) is 24.0 Å². The summed E-state index contributed by atoms with van der Waals surface area (Å²) in [5.74, 6) is -1.07. The number of likely N-dealkylation sites (N-methyl/N-ethyl adjacent to an activating group) is 5. The number of carbonyl (C=O) groups is 19. The summed E-state index contributed by atoms with van der Waals surface area (Å²) < 4.78 is 50.5. The number of piperidine rings is 1. The number of amides is 17. The summed E-state index contributed by atoms with van der Waals surface area (Å²) in [6.45, 7) is 17.7. The van der Waals surface area contributed by atoms with Gasteiger partial charge in [-0.3, -0.25) is 62.3 Å². The van der Waals surface area contributed by atoms with E-state index in [0.717, 1.165) is 71.5 Å². The van der Waals surface area contributed by atoms with Gasteiger partial charge < -0.3 is 151 Å². The molecule has 3 atom stereocenters. The number of likely N-dealkylation sites (tertiary alicyclic amines) is 1. The van der Waals surface area contributed by atoms with Gasteiger partial charge in [0.2, 0.25) is 65.0 Å². The Hall–Kier alpha value is -11.2. The Labute approximate surface area is 781 Å². The summed E-state index contributed by atoms with van der Waals surface area (Å²) in [6, 6.07) is -0.982. The van der Waals surface area contributed by atoms with Crippen molar-refractivity contribution in [2.24, 2.45) is 11.8 Å². The predicted octanol–water partition coefficient (Wildman–Crippen LogP) is -2.32. The Kier molecular flexibility index (Phi) is 111. The second-order valence-electron chi connectivity index (χ2n) is 27.8. The molecule has 16 N–H and O–H groups in total. The van der Waals surface area contributed by atoms with Crippen molar-refractivity contribution in [3.63, 3.8) is 0 Å². The molecule has 2 heterocycles. The fourth-order valence-electron chi connectivity index (χ4n) is 8.70. The van der Waals surface area contributed by atoms with Gasteiger partial charge >= 0.3 is 48.3 Å². The zero-order chi connectivity index (χ0) is 104. The van der Waals surface area contributed by atoms with E-state index in [9.17, 15) is 91.1 Å². The van der Waals surface area contributed by atoms with Crippen LogP contribution in [0.1, 0.15) is 124 Å². The molecule has 0 spiro atoms. The van der Waals surface area contributed by atoms with Crippen LogP contribution in [0.15, 0.2) is 0 Å². The van der Waals surface area contributed by atoms with Crippen LogP contribution in [0.3, 0.4) is 0 Å². The number of piperazine rings is 1. The van der Waals surface area contributed by atoms with Crippen LogP contribution in [-0.4, -0.2) is 420 Å². The minimum atomic E-state index is -0.769. The van der Waals surface area contributed by atoms with E-state index in [0.29, 0.717) is 96.4 Å². The number of hydrogen-bond acceptors (Lipinski definition) is 34. The fourth-order valence-corrected chi connectivity index (χ4v) is 8.70. The van der Waals surface area contributed by atoms with Crippen molar-refractivity contribution in [1.82, 2.24) is 105 Å². The van der Waals surface area contributed by atoms with Gasteiger partial charge in [0.05, 0.1) is 67.6 Å². The van der Waals surface area contributed by atoms with Gasteiger partial charge in [-0.05, 0) is 86.1 Å². The number of hydrogen-bond donors (Lipinski definition) is 16. The highest BCUT2D eigenvalue weighted by atomic mass is 16.6. The summed E-state index contributed by atoms with van der Waals surface area (Å²) in [5, 5.41) is 38.8. The standard InChI is InChI=1S/C13H26N4O3.C12H23N3O3.C9H18N2O2.C8H15NO4.C7H13NO3.C6H11NO3.C6H13NO2.C5H12N2O.C5H11NO2.C4H8N2O3.C4H9NO2.C3H7NO2/c1-14-12(18)4-5-15-13(19)20-11-3-6-17-9-7-16(2)8-10-17;1-13-11(16)5-6-14-12(17)18-9-10-4-3-7-15(2)8-10;1-6(2)5-8(9(13)10-4)11-7(3)12;1-6(4-7(10)9-2)13-8(11)5-12-3;1-8-6(9)4-3-5-7(10)11-2;1-7-5(8)3-4-6(9)10-2;1-7-6(8)4-3-5-9-2;1-6-5(8)4-7(2)3;1-6-5(7)3-4-8-2;1-5-3(7)6-4(8)9-2;1-5-4(6)3-7-2;1-4-3(5)6-2/h3-11H2,1-2H3,(H,14,18)(H,15,19);10H,3-9H2,1-2H3,(H,13,16)(H,14,17);6,8H,5H2,1-4H3,(H,10,13)(H,11,12);6H,4-5H2,1-3H3,(H,9,10);3-5H2,1-2H3,(H,8,9);3-4H2,1-2H3,(H,7,8);3-5H2,1-2H3,(H,7,8);4H2,1-3H3,(H,6,8);3-4H2,1-2H3,(H,6,7);1-2H3,(H2,5,6,7,8);3H2,1-2H3,(H,5,6);1-2H3,(H,4,5). The molecule has 0 aromatic rings. The topological polar surface area (TPSA) is 631 Å². The zero-order valence-electron chi connectivity index (χ0n) is 83.8. The number of ether oxygens (including phenoxy) is 11. The van der Waals surface area contributed by atoms with E-state index in [1.807, 2.05) is 38.2 Å². The molecule has 2 aliphatic heterocycles. The van der Waals surface area contributed by atoms with Crippen molar-refractivity contribution in [3.05, 3.63) is 0 Å². The van der Waals surface area contributed by atoms with Crippen LogP contribution in [0.5, 0.6) is 0 Å². The van der Waals surface area contributed by atoms with E-state index in [4.69, 9.17) is 18.9 Å². The highest BCUT2D eigenvalue weighted by Gasteiger charge is 2.21. The first kappa shape index (κ1) is 141. The van der Waals surface area contributed by atoms with Gasteiger partial charge in [0, 0.05) is 230 Å². The van der Waals surface area contributed by atoms with Gasteiger partial charge in [0.1, 0.15) is 25.4 Å². The predicted molar refractivity (Wildman–Crippen MR) is 493 cm³/mol. The van der Waals surface area contributed by atoms with Crippen molar-refractivity contribution in [2.75, 3.05) is 275 Å². The van der Waals surface area contributed by atoms with E-state index in [1.54, 1.807) is 77.5 Å². The molecule has 2 saturated heterocycles. The summed E-state index contributed by atoms with van der Waals surface area (Å²) in [4.78, 5) is 211. The Morgan fingerprint density at radius 2 is 0.856 bits per heavy atom. The van der Waals surface area contributed by atoms with Gasteiger partial charge in [0.15, 0.2) is 0 Å². The van der Waals surface area contributed by atoms with Crippen LogP contribution in [0.2, 0.25) is 0 Å². The van der Waals surface area contributed by atoms with Crippen molar-refractivity contribution < 1.29 is 143 Å². The molecule has 17 amide bonds. The Morgan fingerprint density at radius 3 is 1.24 bits per heavy atom. The van der Waals surface area contributed by atoms with Crippen LogP contribution in [-0.2, 0) is 119 Å². The Balaban J connectivity index is -0.000000156. The minimum absolute atomic E-state index is 0.0202. The lowest BCUT2D eigenvalue weighted by molar-refractivity contribution is -0.153. The second kappa shape index (κ2) is 104. The molecule has 0 aromatic heterocycles. The summed E-state index contributed by atoms with van der Waals surface area (Å²) in [6.07, 6.45) is 5.40. The lowest BCUT2D eigenvalue weighted by Gasteiger charge is -2.32. The van der Waals surface area contributed by atoms with Crippen molar-refractivity contribution in [3.8, 4) is 0 Å². The lowest BCUT2D eigenvalue weighted by Crippen LogP contribution is -2.45. The third-order valence-corrected chi connectivity index (χ3v) is 15.9. The molecule has 2 rings (SSSR count). The summed E-state index contributed by atoms with van der Waals surface area (Å²) in [5.41, 5.74) is 0. The molecule has 0 saturated carbocycles. The normalized spacial score (nSPS) is 12.1. The molecule has 132 heavy (non-hydrogen) atoms. The van der Waals surface area contributed by atoms with Crippen LogP contribution in [0.25, 0.3) is 0 Å². The molecular formula is C82H166N20O30. The minimum Gasteiger partial charge on any atom is -0.469 e. The molecular weight excluding hydrogens is 1750 g/mol. The SMILES string of the molecule is CNC(=O)C(CC(C)C)NC(C)=O.CNC(=O)CC(C)OC(=O)COC.CNC(=O)CCC(=O)OC.CNC(=O)CCCC(=O)OC.CNC(=O)CCCOC.CNC(=O)CCNC(=O)OCC1CCCN(C)C1.CNC(=O)CCNC(=O)OCCCN1CCN(C)CC1.CNC(=O)CCOC.CNC(=O)CN(C)C.CNC(=O)COC.CNC(=O)NC(=O)OC.CNC(=O)OC. The zero-order valence-corrected chi connectivity index (χ0v) is 83.8. The largest absolute Gasteiger partial charge is 0.469 e. The number of nitrogens with zero attached hydrogens (tertiary/aromatic N) is 4. The number of methoxy groups -OCH3 is 8. The third kappa shape index (κ3) is 117. The quantitative estimate of drug-likeness (QED) is 0.0174. The molecule has 50 nitrogen and oxygen atoms in total. The van der Waals surface area contributed by atoms with Gasteiger partial charge in [0.25, 0.3) is 0 Å². The number of rotatable bonds is 39. The first-order valence-corrected chi connectivity index (χ1v) is 42.3. The molecule has 0 bridgehead atoms. The Morgan fingerprint density at radius 1 is 0.402 bits per heavy atom. The maximum Gasteiger partial charge on any atom is 0.415 e. The van der Waals surface area contributed by atoms with Crippen LogP contribution < -0.4 is 85.1 Å². The molecule has 0 aromatic carbocycles. The van der Waals surface area contributed by atoms with Crippen LogP contribution >= 0.6 is 0 Å². The van der Waals surface area contributed by atoms with E-state index in [1.165, 1.54) is 77.8 Å². The smallest absolute Gasteiger partial charge is 0.415 e. The van der Waals surface area contributed by atoms with Crippen molar-refractivity contribution in [2.45, 2.75) is 136 Å². The number of alkyl carbamates (subject to hydrolysis) is 4. The van der Waals surface area contributed by atoms with Gasteiger partial charge in [-0.15, -0.1) is 0 Å². The lowest BCUT2D eigenvalue weighted by atomic mass is 10.00. The van der Waals surface area contributed by atoms with E-state index >= 15 is 0 Å². The second-order valence-corrected chi connectivity index (χ2v) is 27.8. The highest BCUT2D eigenvalue weighted by molar-refractivity contribution is 5.90. The van der Waals surface area contributed by atoms with Crippen molar-refractivity contribution in [1.29, 1.82) is 0 Å². The fraction of sp³-hybridized carbons (Fsp3) is 0.768. The Bertz CT molecular complexity index is 3020. The monoisotopic (exact) mass is 1910 g/mol. The van der Waals surface area contributed by atoms with Crippen molar-refractivity contribution >= 4 is 113 Å². The number of esters is 3. The van der Waals surface area contributed by atoms with E-state index < -0.39 is 48.5 Å².